The Morgan fingerprint density at radius 3 is 2.36 bits per heavy atom. The molecule has 148 valence electrons. The van der Waals surface area contributed by atoms with Crippen molar-refractivity contribution in [3.8, 4) is 0 Å². The highest BCUT2D eigenvalue weighted by Crippen LogP contribution is 2.35. The maximum atomic E-state index is 12.5. The van der Waals surface area contributed by atoms with Gasteiger partial charge in [-0.05, 0) is 25.0 Å². The molecule has 7 nitrogen and oxygen atoms in total. The van der Waals surface area contributed by atoms with E-state index in [-0.39, 0.29) is 42.5 Å². The lowest BCUT2D eigenvalue weighted by Crippen LogP contribution is -2.37. The van der Waals surface area contributed by atoms with E-state index in [1.54, 1.807) is 0 Å². The number of likely N-dealkylation sites (tertiary alicyclic amines) is 1. The standard InChI is InChI=1S/C21H25N3O4/c25-19(9-10-24-20(26)15-5-1-2-6-16(15)21(24)27)22-17-7-3-4-8-18(17)23-11-13-28-14-12-23/h1-4,7-8,15-16H,5-6,9-14H2,(H,22,25)/t15-,16+. The monoisotopic (exact) mass is 383 g/mol. The van der Waals surface area contributed by atoms with Crippen LogP contribution in [0.1, 0.15) is 19.3 Å². The van der Waals surface area contributed by atoms with E-state index in [0.717, 1.165) is 24.5 Å². The van der Waals surface area contributed by atoms with Gasteiger partial charge in [0.15, 0.2) is 0 Å². The number of carbonyl (C=O) groups excluding carboxylic acids is 3. The van der Waals surface area contributed by atoms with Crippen molar-refractivity contribution in [1.29, 1.82) is 0 Å². The Morgan fingerprint density at radius 1 is 1.04 bits per heavy atom. The van der Waals surface area contributed by atoms with Crippen LogP contribution in [0, 0.1) is 11.8 Å². The second kappa shape index (κ2) is 8.14. The maximum absolute atomic E-state index is 12.5. The number of anilines is 2. The number of imide groups is 1. The number of carbonyl (C=O) groups is 3. The van der Waals surface area contributed by atoms with Crippen LogP contribution in [0.5, 0.6) is 0 Å². The molecule has 2 heterocycles. The summed E-state index contributed by atoms with van der Waals surface area (Å²) in [6.07, 6.45) is 5.26. The molecule has 1 aromatic rings. The molecule has 28 heavy (non-hydrogen) atoms. The number of benzene rings is 1. The molecule has 0 spiro atoms. The van der Waals surface area contributed by atoms with Crippen LogP contribution < -0.4 is 10.2 Å². The van der Waals surface area contributed by atoms with Gasteiger partial charge in [-0.2, -0.15) is 0 Å². The van der Waals surface area contributed by atoms with E-state index < -0.39 is 0 Å². The van der Waals surface area contributed by atoms with Crippen molar-refractivity contribution in [1.82, 2.24) is 4.90 Å². The van der Waals surface area contributed by atoms with Crippen LogP contribution in [-0.4, -0.2) is 55.5 Å². The number of fused-ring (bicyclic) bond motifs is 1. The molecule has 0 radical (unpaired) electrons. The third-order valence-corrected chi connectivity index (χ3v) is 5.69. The molecule has 0 aromatic heterocycles. The number of para-hydroxylation sites is 2. The van der Waals surface area contributed by atoms with Crippen LogP contribution in [0.2, 0.25) is 0 Å². The Kier molecular flexibility index (Phi) is 5.43. The van der Waals surface area contributed by atoms with Crippen LogP contribution in [0.25, 0.3) is 0 Å². The minimum absolute atomic E-state index is 0.0990. The molecule has 3 aliphatic rings. The van der Waals surface area contributed by atoms with Crippen LogP contribution in [-0.2, 0) is 19.1 Å². The van der Waals surface area contributed by atoms with Gasteiger partial charge in [-0.15, -0.1) is 0 Å². The Morgan fingerprint density at radius 2 is 1.68 bits per heavy atom. The fourth-order valence-corrected chi connectivity index (χ4v) is 4.17. The first kappa shape index (κ1) is 18.7. The van der Waals surface area contributed by atoms with E-state index in [9.17, 15) is 14.4 Å². The SMILES string of the molecule is O=C(CCN1C(=O)[C@H]2CC=CC[C@H]2C1=O)Nc1ccccc1N1CCOCC1. The molecule has 0 unspecified atom stereocenters. The van der Waals surface area contributed by atoms with Crippen molar-refractivity contribution in [2.24, 2.45) is 11.8 Å². The van der Waals surface area contributed by atoms with Gasteiger partial charge in [0.25, 0.3) is 0 Å². The summed E-state index contributed by atoms with van der Waals surface area (Å²) in [6, 6.07) is 7.67. The van der Waals surface area contributed by atoms with Gasteiger partial charge in [-0.1, -0.05) is 24.3 Å². The fraction of sp³-hybridized carbons (Fsp3) is 0.476. The Bertz CT molecular complexity index is 775. The van der Waals surface area contributed by atoms with Crippen molar-refractivity contribution in [2.75, 3.05) is 43.1 Å². The van der Waals surface area contributed by atoms with Gasteiger partial charge in [0.1, 0.15) is 0 Å². The second-order valence-corrected chi connectivity index (χ2v) is 7.40. The molecule has 2 fully saturated rings. The summed E-state index contributed by atoms with van der Waals surface area (Å²) in [5.41, 5.74) is 1.70. The lowest BCUT2D eigenvalue weighted by Gasteiger charge is -2.30. The molecule has 0 bridgehead atoms. The molecule has 1 N–H and O–H groups in total. The largest absolute Gasteiger partial charge is 0.378 e. The zero-order chi connectivity index (χ0) is 19.5. The summed E-state index contributed by atoms with van der Waals surface area (Å²) in [6.45, 7) is 3.02. The average Bonchev–Trinajstić information content (AvgIpc) is 2.98. The quantitative estimate of drug-likeness (QED) is 0.620. The summed E-state index contributed by atoms with van der Waals surface area (Å²) >= 11 is 0. The number of amides is 3. The predicted molar refractivity (Wildman–Crippen MR) is 105 cm³/mol. The number of ether oxygens (including phenoxy) is 1. The van der Waals surface area contributed by atoms with Gasteiger partial charge >= 0.3 is 0 Å². The summed E-state index contributed by atoms with van der Waals surface area (Å²) in [7, 11) is 0. The highest BCUT2D eigenvalue weighted by molar-refractivity contribution is 6.06. The van der Waals surface area contributed by atoms with E-state index in [2.05, 4.69) is 10.2 Å². The van der Waals surface area contributed by atoms with Gasteiger partial charge in [0, 0.05) is 26.1 Å². The number of nitrogens with zero attached hydrogens (tertiary/aromatic N) is 2. The minimum atomic E-state index is -0.248. The number of hydrogen-bond acceptors (Lipinski definition) is 5. The van der Waals surface area contributed by atoms with E-state index in [0.29, 0.717) is 26.1 Å². The first-order valence-corrected chi connectivity index (χ1v) is 9.87. The molecule has 2 atom stereocenters. The molecular weight excluding hydrogens is 358 g/mol. The number of morpholine rings is 1. The van der Waals surface area contributed by atoms with Crippen molar-refractivity contribution in [3.05, 3.63) is 36.4 Å². The van der Waals surface area contributed by atoms with Crippen LogP contribution in [0.4, 0.5) is 11.4 Å². The number of allylic oxidation sites excluding steroid dienone is 2. The third kappa shape index (κ3) is 3.67. The molecule has 0 saturated carbocycles. The van der Waals surface area contributed by atoms with E-state index >= 15 is 0 Å². The number of nitrogens with one attached hydrogen (secondary N) is 1. The molecule has 4 rings (SSSR count). The highest BCUT2D eigenvalue weighted by Gasteiger charge is 2.46. The molecule has 7 heteroatoms. The Hall–Kier alpha value is -2.67. The maximum Gasteiger partial charge on any atom is 0.233 e. The van der Waals surface area contributed by atoms with Crippen molar-refractivity contribution in [3.63, 3.8) is 0 Å². The van der Waals surface area contributed by atoms with Crippen molar-refractivity contribution in [2.45, 2.75) is 19.3 Å². The molecule has 2 aliphatic heterocycles. The molecular formula is C21H25N3O4. The first-order chi connectivity index (χ1) is 13.6. The predicted octanol–water partition coefficient (Wildman–Crippen LogP) is 1.80. The molecule has 3 amide bonds. The van der Waals surface area contributed by atoms with Gasteiger partial charge in [-0.3, -0.25) is 19.3 Å². The summed E-state index contributed by atoms with van der Waals surface area (Å²) in [4.78, 5) is 41.0. The van der Waals surface area contributed by atoms with Crippen LogP contribution in [0.3, 0.4) is 0 Å². The number of rotatable bonds is 5. The molecule has 2 saturated heterocycles. The smallest absolute Gasteiger partial charge is 0.233 e. The van der Waals surface area contributed by atoms with Crippen LogP contribution in [0.15, 0.2) is 36.4 Å². The normalized spacial score (nSPS) is 24.4. The topological polar surface area (TPSA) is 79.0 Å². The van der Waals surface area contributed by atoms with E-state index in [4.69, 9.17) is 4.74 Å². The minimum Gasteiger partial charge on any atom is -0.378 e. The highest BCUT2D eigenvalue weighted by atomic mass is 16.5. The van der Waals surface area contributed by atoms with Gasteiger partial charge in [-0.25, -0.2) is 0 Å². The van der Waals surface area contributed by atoms with Gasteiger partial charge in [0.2, 0.25) is 17.7 Å². The summed E-state index contributed by atoms with van der Waals surface area (Å²) < 4.78 is 5.40. The van der Waals surface area contributed by atoms with Gasteiger partial charge in [0.05, 0.1) is 36.4 Å². The fourth-order valence-electron chi connectivity index (χ4n) is 4.17. The van der Waals surface area contributed by atoms with Crippen molar-refractivity contribution >= 4 is 29.1 Å². The second-order valence-electron chi connectivity index (χ2n) is 7.40. The Balaban J connectivity index is 1.37. The third-order valence-electron chi connectivity index (χ3n) is 5.69. The Labute approximate surface area is 164 Å². The zero-order valence-corrected chi connectivity index (χ0v) is 15.8. The average molecular weight is 383 g/mol. The van der Waals surface area contributed by atoms with E-state index in [1.165, 1.54) is 4.90 Å². The molecule has 1 aromatic carbocycles. The summed E-state index contributed by atoms with van der Waals surface area (Å²) in [5.74, 6) is -0.971. The lowest BCUT2D eigenvalue weighted by atomic mass is 9.85. The zero-order valence-electron chi connectivity index (χ0n) is 15.8. The van der Waals surface area contributed by atoms with Gasteiger partial charge < -0.3 is 15.0 Å². The molecule has 1 aliphatic carbocycles. The van der Waals surface area contributed by atoms with E-state index in [1.807, 2.05) is 36.4 Å². The number of hydrogen-bond donors (Lipinski definition) is 1. The summed E-state index contributed by atoms with van der Waals surface area (Å²) in [5, 5.41) is 2.94. The van der Waals surface area contributed by atoms with Crippen LogP contribution >= 0.6 is 0 Å². The lowest BCUT2D eigenvalue weighted by molar-refractivity contribution is -0.140. The van der Waals surface area contributed by atoms with Crippen molar-refractivity contribution < 1.29 is 19.1 Å². The first-order valence-electron chi connectivity index (χ1n) is 9.87.